The second-order valence-corrected chi connectivity index (χ2v) is 21.8. The van der Waals surface area contributed by atoms with Crippen molar-refractivity contribution in [1.29, 1.82) is 0 Å². The van der Waals surface area contributed by atoms with Crippen LogP contribution in [0.25, 0.3) is 0 Å². The van der Waals surface area contributed by atoms with Crippen LogP contribution in [0.2, 0.25) is 0 Å². The van der Waals surface area contributed by atoms with Crippen LogP contribution in [0.5, 0.6) is 0 Å². The van der Waals surface area contributed by atoms with Crippen LogP contribution >= 0.6 is 0 Å². The van der Waals surface area contributed by atoms with Crippen LogP contribution in [0.4, 0.5) is 0 Å². The highest BCUT2D eigenvalue weighted by Crippen LogP contribution is 2.23. The molecule has 1 saturated heterocycles. The number of amides is 1. The van der Waals surface area contributed by atoms with Gasteiger partial charge in [0.15, 0.2) is 6.29 Å². The Morgan fingerprint density at radius 3 is 1.15 bits per heavy atom. The van der Waals surface area contributed by atoms with Gasteiger partial charge in [-0.1, -0.05) is 268 Å². The SMILES string of the molecule is CCCCCCCCC/C=C\CCCCCCCCCC(=O)NC(COC1OC(CO)C(O)C(O)C1O)C(O)/C=C/CC/C=C/CC/C=C/CCCCCCCCCCCCCCCCCCCCCCCC. The molecule has 0 bridgehead atoms. The van der Waals surface area contributed by atoms with Gasteiger partial charge in [-0.3, -0.25) is 4.79 Å². The lowest BCUT2D eigenvalue weighted by molar-refractivity contribution is -0.302. The summed E-state index contributed by atoms with van der Waals surface area (Å²) in [6.45, 7) is 3.78. The summed E-state index contributed by atoms with van der Waals surface area (Å²) in [5.41, 5.74) is 0. The van der Waals surface area contributed by atoms with E-state index < -0.39 is 49.5 Å². The molecule has 1 rings (SSSR count). The van der Waals surface area contributed by atoms with Crippen LogP contribution in [0.15, 0.2) is 48.6 Å². The van der Waals surface area contributed by atoms with Gasteiger partial charge in [0.25, 0.3) is 0 Å². The molecule has 9 heteroatoms. The Hall–Kier alpha value is -1.85. The Labute approximate surface area is 450 Å². The summed E-state index contributed by atoms with van der Waals surface area (Å²) in [6, 6.07) is -0.832. The van der Waals surface area contributed by atoms with E-state index in [9.17, 15) is 30.3 Å². The molecule has 0 radical (unpaired) electrons. The maximum atomic E-state index is 13.0. The van der Waals surface area contributed by atoms with Gasteiger partial charge in [-0.25, -0.2) is 0 Å². The van der Waals surface area contributed by atoms with Crippen LogP contribution < -0.4 is 5.32 Å². The Morgan fingerprint density at radius 1 is 0.452 bits per heavy atom. The van der Waals surface area contributed by atoms with E-state index in [1.807, 2.05) is 6.08 Å². The molecule has 428 valence electrons. The molecule has 7 atom stereocenters. The number of allylic oxidation sites excluding steroid dienone is 7. The van der Waals surface area contributed by atoms with E-state index in [-0.39, 0.29) is 12.5 Å². The average molecular weight is 1030 g/mol. The normalized spacial score (nSPS) is 19.4. The molecule has 1 aliphatic rings. The number of aliphatic hydroxyl groups is 5. The van der Waals surface area contributed by atoms with Crippen LogP contribution in [0.1, 0.15) is 296 Å². The quantitative estimate of drug-likeness (QED) is 0.0261. The number of unbranched alkanes of at least 4 members (excludes halogenated alkanes) is 38. The topological polar surface area (TPSA) is 149 Å². The highest BCUT2D eigenvalue weighted by atomic mass is 16.7. The number of carbonyl (C=O) groups is 1. The zero-order valence-electron chi connectivity index (χ0n) is 47.6. The van der Waals surface area contributed by atoms with Gasteiger partial charge < -0.3 is 40.3 Å². The van der Waals surface area contributed by atoms with Gasteiger partial charge in [0.1, 0.15) is 24.4 Å². The summed E-state index contributed by atoms with van der Waals surface area (Å²) in [7, 11) is 0. The molecule has 1 heterocycles. The van der Waals surface area contributed by atoms with Gasteiger partial charge in [0.05, 0.1) is 25.4 Å². The van der Waals surface area contributed by atoms with Crippen molar-refractivity contribution < 1.29 is 39.8 Å². The van der Waals surface area contributed by atoms with E-state index in [2.05, 4.69) is 55.6 Å². The molecule has 73 heavy (non-hydrogen) atoms. The van der Waals surface area contributed by atoms with Crippen molar-refractivity contribution in [2.45, 2.75) is 339 Å². The predicted octanol–water partition coefficient (Wildman–Crippen LogP) is 16.1. The smallest absolute Gasteiger partial charge is 0.220 e. The maximum Gasteiger partial charge on any atom is 0.220 e. The highest BCUT2D eigenvalue weighted by molar-refractivity contribution is 5.76. The number of aliphatic hydroxyl groups excluding tert-OH is 5. The number of rotatable bonds is 54. The number of hydrogen-bond acceptors (Lipinski definition) is 8. The Kier molecular flexibility index (Phi) is 50.7. The van der Waals surface area contributed by atoms with E-state index in [1.165, 1.54) is 218 Å². The molecule has 7 unspecified atom stereocenters. The van der Waals surface area contributed by atoms with Crippen molar-refractivity contribution in [3.05, 3.63) is 48.6 Å². The molecular weight excluding hydrogens is 911 g/mol. The minimum Gasteiger partial charge on any atom is -0.394 e. The Balaban J connectivity index is 2.20. The fourth-order valence-electron chi connectivity index (χ4n) is 9.89. The molecule has 1 aliphatic heterocycles. The molecular formula is C64H119NO8. The van der Waals surface area contributed by atoms with Crippen molar-refractivity contribution in [2.75, 3.05) is 13.2 Å². The Morgan fingerprint density at radius 2 is 0.781 bits per heavy atom. The van der Waals surface area contributed by atoms with Crippen molar-refractivity contribution in [2.24, 2.45) is 0 Å². The first kappa shape index (κ1) is 69.2. The molecule has 0 aliphatic carbocycles. The summed E-state index contributed by atoms with van der Waals surface area (Å²) in [5.74, 6) is -0.193. The molecule has 9 nitrogen and oxygen atoms in total. The highest BCUT2D eigenvalue weighted by Gasteiger charge is 2.44. The van der Waals surface area contributed by atoms with Gasteiger partial charge >= 0.3 is 0 Å². The largest absolute Gasteiger partial charge is 0.394 e. The summed E-state index contributed by atoms with van der Waals surface area (Å²) < 4.78 is 11.3. The molecule has 0 aromatic heterocycles. The summed E-state index contributed by atoms with van der Waals surface area (Å²) in [5, 5.41) is 54.5. The molecule has 1 fully saturated rings. The summed E-state index contributed by atoms with van der Waals surface area (Å²) in [4.78, 5) is 13.0. The van der Waals surface area contributed by atoms with Gasteiger partial charge in [0.2, 0.25) is 5.91 Å². The van der Waals surface area contributed by atoms with Gasteiger partial charge in [-0.15, -0.1) is 0 Å². The third-order valence-electron chi connectivity index (χ3n) is 14.9. The van der Waals surface area contributed by atoms with Gasteiger partial charge in [0, 0.05) is 6.42 Å². The van der Waals surface area contributed by atoms with Gasteiger partial charge in [-0.2, -0.15) is 0 Å². The summed E-state index contributed by atoms with van der Waals surface area (Å²) >= 11 is 0. The predicted molar refractivity (Wildman–Crippen MR) is 309 cm³/mol. The van der Waals surface area contributed by atoms with E-state index in [0.717, 1.165) is 57.8 Å². The third-order valence-corrected chi connectivity index (χ3v) is 14.9. The lowest BCUT2D eigenvalue weighted by atomic mass is 9.99. The van der Waals surface area contributed by atoms with Gasteiger partial charge in [-0.05, 0) is 70.6 Å². The van der Waals surface area contributed by atoms with Crippen molar-refractivity contribution >= 4 is 5.91 Å². The lowest BCUT2D eigenvalue weighted by Gasteiger charge is -2.40. The number of hydrogen-bond donors (Lipinski definition) is 6. The first-order valence-electron chi connectivity index (χ1n) is 31.4. The zero-order valence-corrected chi connectivity index (χ0v) is 47.6. The minimum absolute atomic E-state index is 0.193. The fourth-order valence-corrected chi connectivity index (χ4v) is 9.89. The molecule has 6 N–H and O–H groups in total. The van der Waals surface area contributed by atoms with E-state index in [0.29, 0.717) is 6.42 Å². The molecule has 0 aromatic carbocycles. The standard InChI is InChI=1S/C64H119NO8/c1-3-5-7-9-11-13-15-17-19-21-23-24-25-26-27-28-29-30-31-32-33-34-35-36-37-39-41-43-45-47-49-51-53-58(67)57(56-72-64-63(71)62(70)61(69)59(55-66)73-64)65-60(68)54-52-50-48-46-44-42-40-38-22-20-18-16-14-12-10-8-6-4-2/h20,22,36-37,43,45,51,53,57-59,61-64,66-67,69-71H,3-19,21,23-35,38-42,44,46-50,52,54-56H2,1-2H3,(H,65,68)/b22-20-,37-36+,45-43+,53-51+. The molecule has 0 aromatic rings. The minimum atomic E-state index is -1.58. The number of carbonyl (C=O) groups excluding carboxylic acids is 1. The monoisotopic (exact) mass is 1030 g/mol. The third kappa shape index (κ3) is 42.9. The first-order chi connectivity index (χ1) is 35.8. The average Bonchev–Trinajstić information content (AvgIpc) is 3.39. The van der Waals surface area contributed by atoms with E-state index >= 15 is 0 Å². The van der Waals surface area contributed by atoms with Crippen LogP contribution in [0.3, 0.4) is 0 Å². The Bertz CT molecular complexity index is 1290. The van der Waals surface area contributed by atoms with E-state index in [1.54, 1.807) is 6.08 Å². The molecule has 0 spiro atoms. The fraction of sp³-hybridized carbons (Fsp3) is 0.859. The first-order valence-corrected chi connectivity index (χ1v) is 31.4. The molecule has 0 saturated carbocycles. The second-order valence-electron chi connectivity index (χ2n) is 21.8. The lowest BCUT2D eigenvalue weighted by Crippen LogP contribution is -2.60. The van der Waals surface area contributed by atoms with Crippen molar-refractivity contribution in [1.82, 2.24) is 5.32 Å². The zero-order chi connectivity index (χ0) is 52.9. The van der Waals surface area contributed by atoms with Crippen LogP contribution in [0, 0.1) is 0 Å². The molecule has 1 amide bonds. The van der Waals surface area contributed by atoms with Crippen LogP contribution in [-0.4, -0.2) is 87.5 Å². The second kappa shape index (κ2) is 53.5. The van der Waals surface area contributed by atoms with Crippen LogP contribution in [-0.2, 0) is 14.3 Å². The van der Waals surface area contributed by atoms with E-state index in [4.69, 9.17) is 9.47 Å². The maximum absolute atomic E-state index is 13.0. The van der Waals surface area contributed by atoms with Crippen molar-refractivity contribution in [3.63, 3.8) is 0 Å². The number of nitrogens with one attached hydrogen (secondary N) is 1. The number of ether oxygens (including phenoxy) is 2. The summed E-state index contributed by atoms with van der Waals surface area (Å²) in [6.07, 6.45) is 64.9. The van der Waals surface area contributed by atoms with Crippen molar-refractivity contribution in [3.8, 4) is 0 Å².